The monoisotopic (exact) mass is 389 g/mol. The molecule has 2 heterocycles. The number of nitrogens with one attached hydrogen (secondary N) is 1. The van der Waals surface area contributed by atoms with Crippen molar-refractivity contribution in [3.05, 3.63) is 89.1 Å². The van der Waals surface area contributed by atoms with E-state index in [1.165, 1.54) is 18.2 Å². The molecule has 1 N–H and O–H groups in total. The minimum Gasteiger partial charge on any atom is -0.438 e. The first-order chi connectivity index (χ1) is 14.2. The Labute approximate surface area is 169 Å². The van der Waals surface area contributed by atoms with Crippen LogP contribution in [0.3, 0.4) is 0 Å². The Kier molecular flexibility index (Phi) is 5.42. The van der Waals surface area contributed by atoms with Crippen molar-refractivity contribution in [2.45, 2.75) is 25.8 Å². The second kappa shape index (κ2) is 8.31. The largest absolute Gasteiger partial charge is 0.438 e. The summed E-state index contributed by atoms with van der Waals surface area (Å²) in [5.41, 5.74) is 4.03. The normalized spacial score (nSPS) is 15.6. The van der Waals surface area contributed by atoms with Gasteiger partial charge in [-0.2, -0.15) is 0 Å². The van der Waals surface area contributed by atoms with E-state index >= 15 is 0 Å². The number of oxazole rings is 1. The van der Waals surface area contributed by atoms with E-state index in [0.29, 0.717) is 13.1 Å². The number of aryl methyl sites for hydroxylation is 1. The molecule has 0 aliphatic carbocycles. The molecule has 3 aromatic rings. The molecule has 29 heavy (non-hydrogen) atoms. The maximum Gasteiger partial charge on any atom is 0.288 e. The molecule has 4 rings (SSSR count). The number of benzene rings is 2. The number of carbonyl (C=O) groups excluding carboxylic acids is 2. The van der Waals surface area contributed by atoms with Crippen LogP contribution < -0.4 is 5.32 Å². The van der Waals surface area contributed by atoms with E-state index in [1.807, 2.05) is 54.3 Å². The van der Waals surface area contributed by atoms with Gasteiger partial charge in [0.2, 0.25) is 5.76 Å². The molecule has 1 unspecified atom stereocenters. The average Bonchev–Trinajstić information content (AvgIpc) is 3.31. The molecule has 0 saturated heterocycles. The lowest BCUT2D eigenvalue weighted by atomic mass is 9.91. The predicted octanol–water partition coefficient (Wildman–Crippen LogP) is 3.41. The number of hydrogen-bond donors (Lipinski definition) is 1. The molecular formula is C23H23N3O3. The summed E-state index contributed by atoms with van der Waals surface area (Å²) in [7, 11) is 0. The fourth-order valence-corrected chi connectivity index (χ4v) is 3.91. The predicted molar refractivity (Wildman–Crippen MR) is 109 cm³/mol. The van der Waals surface area contributed by atoms with Crippen LogP contribution in [0.4, 0.5) is 0 Å². The summed E-state index contributed by atoms with van der Waals surface area (Å²) in [6.07, 6.45) is 4.19. The lowest BCUT2D eigenvalue weighted by Crippen LogP contribution is -2.45. The fourth-order valence-electron chi connectivity index (χ4n) is 3.91. The lowest BCUT2D eigenvalue weighted by Gasteiger charge is -2.38. The number of hydrogen-bond acceptors (Lipinski definition) is 4. The first-order valence-corrected chi connectivity index (χ1v) is 9.82. The molecule has 1 atom stereocenters. The quantitative estimate of drug-likeness (QED) is 0.726. The third kappa shape index (κ3) is 3.78. The molecule has 1 aliphatic heterocycles. The second-order valence-corrected chi connectivity index (χ2v) is 7.05. The smallest absolute Gasteiger partial charge is 0.288 e. The number of carbonyl (C=O) groups is 2. The van der Waals surface area contributed by atoms with Crippen molar-refractivity contribution in [1.29, 1.82) is 0 Å². The van der Waals surface area contributed by atoms with E-state index in [4.69, 9.17) is 4.42 Å². The van der Waals surface area contributed by atoms with Crippen molar-refractivity contribution in [1.82, 2.24) is 15.2 Å². The van der Waals surface area contributed by atoms with Crippen molar-refractivity contribution in [2.24, 2.45) is 0 Å². The van der Waals surface area contributed by atoms with Crippen LogP contribution in [0.15, 0.2) is 65.5 Å². The zero-order valence-corrected chi connectivity index (χ0v) is 16.3. The number of nitrogens with zero attached hydrogens (tertiary/aromatic N) is 2. The van der Waals surface area contributed by atoms with Gasteiger partial charge in [0.05, 0.1) is 12.2 Å². The van der Waals surface area contributed by atoms with Crippen molar-refractivity contribution in [2.75, 3.05) is 13.1 Å². The Morgan fingerprint density at radius 1 is 1.17 bits per heavy atom. The first kappa shape index (κ1) is 18.9. The molecular weight excluding hydrogens is 366 g/mol. The summed E-state index contributed by atoms with van der Waals surface area (Å²) >= 11 is 0. The molecule has 0 fully saturated rings. The van der Waals surface area contributed by atoms with E-state index in [-0.39, 0.29) is 23.6 Å². The van der Waals surface area contributed by atoms with E-state index in [2.05, 4.69) is 16.4 Å². The third-order valence-electron chi connectivity index (χ3n) is 5.41. The highest BCUT2D eigenvalue weighted by Gasteiger charge is 2.32. The Morgan fingerprint density at radius 2 is 1.97 bits per heavy atom. The van der Waals surface area contributed by atoms with Crippen molar-refractivity contribution < 1.29 is 14.0 Å². The van der Waals surface area contributed by atoms with Crippen LogP contribution in [-0.2, 0) is 12.8 Å². The Balaban J connectivity index is 1.63. The minimum atomic E-state index is -0.341. The van der Waals surface area contributed by atoms with Gasteiger partial charge in [0.25, 0.3) is 11.8 Å². The standard InChI is InChI=1S/C23H23N3O3/c1-2-16-7-3-6-10-19(16)23(28)26-12-11-17-8-4-5-9-18(17)20(26)13-25-22(27)21-14-24-15-29-21/h3-10,14-15,20H,2,11-13H2,1H3,(H,25,27). The molecule has 6 heteroatoms. The summed E-state index contributed by atoms with van der Waals surface area (Å²) in [4.78, 5) is 31.5. The molecule has 0 spiro atoms. The number of amides is 2. The average molecular weight is 389 g/mol. The van der Waals surface area contributed by atoms with Crippen LogP contribution in [0.1, 0.15) is 50.6 Å². The van der Waals surface area contributed by atoms with Gasteiger partial charge in [0.1, 0.15) is 0 Å². The van der Waals surface area contributed by atoms with Crippen LogP contribution >= 0.6 is 0 Å². The summed E-state index contributed by atoms with van der Waals surface area (Å²) < 4.78 is 5.07. The van der Waals surface area contributed by atoms with E-state index < -0.39 is 0 Å². The van der Waals surface area contributed by atoms with Gasteiger partial charge >= 0.3 is 0 Å². The van der Waals surface area contributed by atoms with Crippen LogP contribution in [-0.4, -0.2) is 34.8 Å². The van der Waals surface area contributed by atoms with Crippen molar-refractivity contribution >= 4 is 11.8 Å². The maximum atomic E-state index is 13.5. The zero-order chi connectivity index (χ0) is 20.2. The fraction of sp³-hybridized carbons (Fsp3) is 0.261. The van der Waals surface area contributed by atoms with Gasteiger partial charge in [0, 0.05) is 18.7 Å². The summed E-state index contributed by atoms with van der Waals surface area (Å²) in [5.74, 6) is -0.189. The lowest BCUT2D eigenvalue weighted by molar-refractivity contribution is 0.0646. The zero-order valence-electron chi connectivity index (χ0n) is 16.3. The van der Waals surface area contributed by atoms with E-state index in [9.17, 15) is 9.59 Å². The van der Waals surface area contributed by atoms with Crippen molar-refractivity contribution in [3.8, 4) is 0 Å². The van der Waals surface area contributed by atoms with Gasteiger partial charge in [-0.1, -0.05) is 49.4 Å². The van der Waals surface area contributed by atoms with Gasteiger partial charge in [-0.25, -0.2) is 4.98 Å². The Hall–Kier alpha value is -3.41. The summed E-state index contributed by atoms with van der Waals surface area (Å²) in [5, 5.41) is 2.89. The SMILES string of the molecule is CCc1ccccc1C(=O)N1CCc2ccccc2C1CNC(=O)c1cnco1. The van der Waals surface area contributed by atoms with Crippen LogP contribution in [0.2, 0.25) is 0 Å². The summed E-state index contributed by atoms with van der Waals surface area (Å²) in [6.45, 7) is 2.96. The van der Waals surface area contributed by atoms with Gasteiger partial charge in [-0.05, 0) is 35.6 Å². The van der Waals surface area contributed by atoms with Crippen molar-refractivity contribution in [3.63, 3.8) is 0 Å². The number of rotatable bonds is 5. The molecule has 2 amide bonds. The van der Waals surface area contributed by atoms with E-state index in [1.54, 1.807) is 0 Å². The second-order valence-electron chi connectivity index (χ2n) is 7.05. The van der Waals surface area contributed by atoms with Gasteiger partial charge in [0.15, 0.2) is 6.39 Å². The first-order valence-electron chi connectivity index (χ1n) is 9.82. The van der Waals surface area contributed by atoms with Crippen LogP contribution in [0.5, 0.6) is 0 Å². The number of fused-ring (bicyclic) bond motifs is 1. The molecule has 0 bridgehead atoms. The molecule has 1 aliphatic rings. The topological polar surface area (TPSA) is 75.4 Å². The highest BCUT2D eigenvalue weighted by atomic mass is 16.3. The molecule has 0 saturated carbocycles. The Morgan fingerprint density at radius 3 is 2.76 bits per heavy atom. The van der Waals surface area contributed by atoms with Gasteiger partial charge in [-0.3, -0.25) is 9.59 Å². The highest BCUT2D eigenvalue weighted by molar-refractivity contribution is 5.96. The molecule has 1 aromatic heterocycles. The maximum absolute atomic E-state index is 13.5. The molecule has 0 radical (unpaired) electrons. The van der Waals surface area contributed by atoms with Crippen LogP contribution in [0.25, 0.3) is 0 Å². The van der Waals surface area contributed by atoms with Gasteiger partial charge in [-0.15, -0.1) is 0 Å². The number of aromatic nitrogens is 1. The molecule has 148 valence electrons. The van der Waals surface area contributed by atoms with Gasteiger partial charge < -0.3 is 14.6 Å². The molecule has 6 nitrogen and oxygen atoms in total. The Bertz CT molecular complexity index is 1010. The highest BCUT2D eigenvalue weighted by Crippen LogP contribution is 2.31. The minimum absolute atomic E-state index is 0.00383. The molecule has 2 aromatic carbocycles. The van der Waals surface area contributed by atoms with Crippen LogP contribution in [0, 0.1) is 0 Å². The summed E-state index contributed by atoms with van der Waals surface area (Å²) in [6, 6.07) is 15.6. The third-order valence-corrected chi connectivity index (χ3v) is 5.41. The van der Waals surface area contributed by atoms with E-state index in [0.717, 1.165) is 29.5 Å².